The van der Waals surface area contributed by atoms with E-state index in [9.17, 15) is 4.79 Å². The molecule has 12 heavy (non-hydrogen) atoms. The Labute approximate surface area is 69.3 Å². The van der Waals surface area contributed by atoms with Crippen molar-refractivity contribution in [3.8, 4) is 0 Å². The lowest BCUT2D eigenvalue weighted by Gasteiger charge is -1.93. The van der Waals surface area contributed by atoms with Crippen LogP contribution in [0.5, 0.6) is 0 Å². The number of carboxylic acid groups (broad SMARTS) is 1. The molecular weight excluding hydrogens is 156 g/mol. The molecule has 1 N–H and O–H groups in total. The summed E-state index contributed by atoms with van der Waals surface area (Å²) >= 11 is 0. The summed E-state index contributed by atoms with van der Waals surface area (Å²) < 4.78 is 0. The summed E-state index contributed by atoms with van der Waals surface area (Å²) in [5, 5.41) is 8.64. The number of aromatic nitrogens is 2. The van der Waals surface area contributed by atoms with Gasteiger partial charge >= 0.3 is 5.97 Å². The van der Waals surface area contributed by atoms with Gasteiger partial charge < -0.3 is 5.11 Å². The van der Waals surface area contributed by atoms with Gasteiger partial charge in [0.25, 0.3) is 0 Å². The first-order valence-electron chi connectivity index (χ1n) is 3.78. The molecule has 4 heteroatoms. The summed E-state index contributed by atoms with van der Waals surface area (Å²) in [4.78, 5) is 18.4. The molecule has 0 radical (unpaired) electrons. The standard InChI is InChI=1S/C8H8N2O2/c11-8(12)6-3-5(6)7-4-9-1-2-10-7/h1-2,4-6H,3H2,(H,11,12)/t5-,6-/m0/s1. The van der Waals surface area contributed by atoms with Crippen LogP contribution in [0.3, 0.4) is 0 Å². The Morgan fingerprint density at radius 1 is 1.58 bits per heavy atom. The van der Waals surface area contributed by atoms with E-state index < -0.39 is 5.97 Å². The van der Waals surface area contributed by atoms with Crippen molar-refractivity contribution in [2.75, 3.05) is 0 Å². The molecule has 1 aliphatic rings. The predicted molar refractivity (Wildman–Crippen MR) is 40.5 cm³/mol. The summed E-state index contributed by atoms with van der Waals surface area (Å²) in [6, 6.07) is 0. The van der Waals surface area contributed by atoms with Gasteiger partial charge in [0.05, 0.1) is 11.6 Å². The van der Waals surface area contributed by atoms with Gasteiger partial charge in [0, 0.05) is 24.5 Å². The monoisotopic (exact) mass is 164 g/mol. The van der Waals surface area contributed by atoms with E-state index in [4.69, 9.17) is 5.11 Å². The van der Waals surface area contributed by atoms with Crippen LogP contribution in [0.25, 0.3) is 0 Å². The molecule has 2 rings (SSSR count). The Morgan fingerprint density at radius 3 is 2.92 bits per heavy atom. The van der Waals surface area contributed by atoms with Crippen LogP contribution in [-0.4, -0.2) is 21.0 Å². The third-order valence-corrected chi connectivity index (χ3v) is 2.07. The normalized spacial score (nSPS) is 26.7. The number of nitrogens with zero attached hydrogens (tertiary/aromatic N) is 2. The van der Waals surface area contributed by atoms with Crippen molar-refractivity contribution in [1.82, 2.24) is 9.97 Å². The van der Waals surface area contributed by atoms with E-state index in [2.05, 4.69) is 9.97 Å². The van der Waals surface area contributed by atoms with Gasteiger partial charge in [-0.25, -0.2) is 0 Å². The minimum Gasteiger partial charge on any atom is -0.481 e. The van der Waals surface area contributed by atoms with Gasteiger partial charge in [-0.05, 0) is 6.42 Å². The van der Waals surface area contributed by atoms with E-state index in [1.165, 1.54) is 0 Å². The highest BCUT2D eigenvalue weighted by Gasteiger charge is 2.45. The van der Waals surface area contributed by atoms with Crippen molar-refractivity contribution in [1.29, 1.82) is 0 Å². The largest absolute Gasteiger partial charge is 0.481 e. The zero-order valence-corrected chi connectivity index (χ0v) is 6.34. The van der Waals surface area contributed by atoms with Crippen LogP contribution in [-0.2, 0) is 4.79 Å². The van der Waals surface area contributed by atoms with Crippen molar-refractivity contribution < 1.29 is 9.90 Å². The van der Waals surface area contributed by atoms with Crippen LogP contribution in [0.2, 0.25) is 0 Å². The molecule has 2 atom stereocenters. The summed E-state index contributed by atoms with van der Waals surface area (Å²) in [6.07, 6.45) is 5.51. The third-order valence-electron chi connectivity index (χ3n) is 2.07. The molecule has 0 saturated heterocycles. The predicted octanol–water partition coefficient (Wildman–Crippen LogP) is 0.665. The molecule has 0 amide bonds. The number of aliphatic carboxylic acids is 1. The van der Waals surface area contributed by atoms with Crippen LogP contribution in [0.4, 0.5) is 0 Å². The minimum atomic E-state index is -0.731. The van der Waals surface area contributed by atoms with E-state index in [-0.39, 0.29) is 11.8 Å². The van der Waals surface area contributed by atoms with E-state index >= 15 is 0 Å². The van der Waals surface area contributed by atoms with E-state index in [1.54, 1.807) is 18.6 Å². The highest BCUT2D eigenvalue weighted by molar-refractivity contribution is 5.74. The van der Waals surface area contributed by atoms with Crippen LogP contribution < -0.4 is 0 Å². The maximum atomic E-state index is 10.5. The number of rotatable bonds is 2. The lowest BCUT2D eigenvalue weighted by atomic mass is 10.2. The van der Waals surface area contributed by atoms with Crippen molar-refractivity contribution in [3.05, 3.63) is 24.3 Å². The average molecular weight is 164 g/mol. The Bertz CT molecular complexity index is 299. The smallest absolute Gasteiger partial charge is 0.307 e. The summed E-state index contributed by atoms with van der Waals surface area (Å²) in [5.74, 6) is -0.872. The Hall–Kier alpha value is -1.45. The lowest BCUT2D eigenvalue weighted by molar-refractivity contribution is -0.138. The molecule has 1 saturated carbocycles. The summed E-state index contributed by atoms with van der Waals surface area (Å²) in [6.45, 7) is 0. The Morgan fingerprint density at radius 2 is 2.42 bits per heavy atom. The minimum absolute atomic E-state index is 0.0937. The quantitative estimate of drug-likeness (QED) is 0.697. The first kappa shape index (κ1) is 7.21. The number of carbonyl (C=O) groups is 1. The first-order chi connectivity index (χ1) is 5.79. The van der Waals surface area contributed by atoms with Gasteiger partial charge in [0.15, 0.2) is 0 Å². The van der Waals surface area contributed by atoms with Gasteiger partial charge in [0.2, 0.25) is 0 Å². The zero-order chi connectivity index (χ0) is 8.55. The molecule has 1 heterocycles. The second kappa shape index (κ2) is 2.55. The van der Waals surface area contributed by atoms with Gasteiger partial charge in [0.1, 0.15) is 0 Å². The molecular formula is C8H8N2O2. The first-order valence-corrected chi connectivity index (χ1v) is 3.78. The van der Waals surface area contributed by atoms with Gasteiger partial charge in [-0.15, -0.1) is 0 Å². The van der Waals surface area contributed by atoms with Crippen molar-refractivity contribution >= 4 is 5.97 Å². The zero-order valence-electron chi connectivity index (χ0n) is 6.34. The molecule has 0 spiro atoms. The fourth-order valence-electron chi connectivity index (χ4n) is 1.30. The second-order valence-corrected chi connectivity index (χ2v) is 2.92. The second-order valence-electron chi connectivity index (χ2n) is 2.92. The molecule has 62 valence electrons. The van der Waals surface area contributed by atoms with Crippen molar-refractivity contribution in [2.45, 2.75) is 12.3 Å². The third kappa shape index (κ3) is 1.15. The topological polar surface area (TPSA) is 63.1 Å². The SMILES string of the molecule is O=C(O)[C@H]1C[C@@H]1c1cnccn1. The number of hydrogen-bond donors (Lipinski definition) is 1. The van der Waals surface area contributed by atoms with Gasteiger partial charge in [-0.3, -0.25) is 14.8 Å². The molecule has 1 aliphatic carbocycles. The Balaban J connectivity index is 2.11. The Kier molecular flexibility index (Phi) is 1.53. The molecule has 1 aromatic heterocycles. The molecule has 1 fully saturated rings. The molecule has 0 unspecified atom stereocenters. The summed E-state index contributed by atoms with van der Waals surface area (Å²) in [7, 11) is 0. The fourth-order valence-corrected chi connectivity index (χ4v) is 1.30. The number of carboxylic acids is 1. The van der Waals surface area contributed by atoms with Crippen LogP contribution in [0.15, 0.2) is 18.6 Å². The average Bonchev–Trinajstić information content (AvgIpc) is 2.84. The fraction of sp³-hybridized carbons (Fsp3) is 0.375. The molecule has 0 bridgehead atoms. The highest BCUT2D eigenvalue weighted by atomic mass is 16.4. The van der Waals surface area contributed by atoms with Crippen LogP contribution in [0, 0.1) is 5.92 Å². The lowest BCUT2D eigenvalue weighted by Crippen LogP contribution is -1.99. The summed E-state index contributed by atoms with van der Waals surface area (Å²) in [5.41, 5.74) is 0.796. The van der Waals surface area contributed by atoms with Crippen LogP contribution in [0.1, 0.15) is 18.0 Å². The van der Waals surface area contributed by atoms with E-state index in [0.717, 1.165) is 5.69 Å². The molecule has 0 aromatic carbocycles. The van der Waals surface area contributed by atoms with Crippen molar-refractivity contribution in [2.24, 2.45) is 5.92 Å². The van der Waals surface area contributed by atoms with E-state index in [0.29, 0.717) is 6.42 Å². The maximum Gasteiger partial charge on any atom is 0.307 e. The highest BCUT2D eigenvalue weighted by Crippen LogP contribution is 2.46. The van der Waals surface area contributed by atoms with Gasteiger partial charge in [-0.1, -0.05) is 0 Å². The van der Waals surface area contributed by atoms with Crippen molar-refractivity contribution in [3.63, 3.8) is 0 Å². The van der Waals surface area contributed by atoms with E-state index in [1.807, 2.05) is 0 Å². The van der Waals surface area contributed by atoms with Crippen LogP contribution >= 0.6 is 0 Å². The molecule has 4 nitrogen and oxygen atoms in total. The molecule has 0 aliphatic heterocycles. The van der Waals surface area contributed by atoms with Gasteiger partial charge in [-0.2, -0.15) is 0 Å². The maximum absolute atomic E-state index is 10.5. The number of hydrogen-bond acceptors (Lipinski definition) is 3. The molecule has 1 aromatic rings.